The van der Waals surface area contributed by atoms with Crippen molar-refractivity contribution >= 4 is 39.1 Å². The van der Waals surface area contributed by atoms with E-state index in [4.69, 9.17) is 0 Å². The van der Waals surface area contributed by atoms with Crippen molar-refractivity contribution in [3.63, 3.8) is 0 Å². The molecule has 0 aliphatic carbocycles. The van der Waals surface area contributed by atoms with Gasteiger partial charge in [0.15, 0.2) is 0 Å². The van der Waals surface area contributed by atoms with E-state index < -0.39 is 0 Å². The fraction of sp³-hybridized carbons (Fsp3) is 0.235. The number of nitrogens with one attached hydrogen (secondary N) is 1. The number of rotatable bonds is 4. The van der Waals surface area contributed by atoms with Crippen molar-refractivity contribution < 1.29 is 9.59 Å². The summed E-state index contributed by atoms with van der Waals surface area (Å²) in [6, 6.07) is 10.2. The highest BCUT2D eigenvalue weighted by molar-refractivity contribution is 9.10. The molecular weight excluding hydrogens is 374 g/mol. The van der Waals surface area contributed by atoms with Gasteiger partial charge in [-0.3, -0.25) is 14.4 Å². The van der Waals surface area contributed by atoms with Gasteiger partial charge in [0.25, 0.3) is 5.56 Å². The fourth-order valence-corrected chi connectivity index (χ4v) is 3.01. The van der Waals surface area contributed by atoms with Crippen LogP contribution in [0.4, 0.5) is 11.4 Å². The van der Waals surface area contributed by atoms with Crippen molar-refractivity contribution in [2.45, 2.75) is 19.4 Å². The van der Waals surface area contributed by atoms with Crippen molar-refractivity contribution in [3.8, 4) is 0 Å². The van der Waals surface area contributed by atoms with Gasteiger partial charge in [-0.1, -0.05) is 0 Å². The predicted octanol–water partition coefficient (Wildman–Crippen LogP) is 2.38. The molecule has 1 saturated heterocycles. The Balaban J connectivity index is 1.65. The van der Waals surface area contributed by atoms with Gasteiger partial charge in [0, 0.05) is 41.1 Å². The number of benzene rings is 1. The summed E-state index contributed by atoms with van der Waals surface area (Å²) in [7, 11) is 0. The van der Waals surface area contributed by atoms with Crippen LogP contribution in [0.15, 0.2) is 51.9 Å². The standard InChI is InChI=1S/C17H16BrN3O3/c18-12-3-8-16(23)20(10-12)11-15(22)19-13-4-6-14(7-5-13)21-9-1-2-17(21)24/h3-8,10H,1-2,9,11H2,(H,19,22). The molecule has 2 amide bonds. The van der Waals surface area contributed by atoms with Gasteiger partial charge < -0.3 is 14.8 Å². The molecule has 1 N–H and O–H groups in total. The molecular formula is C17H16BrN3O3. The van der Waals surface area contributed by atoms with E-state index in [2.05, 4.69) is 21.2 Å². The van der Waals surface area contributed by atoms with Crippen LogP contribution in [0.2, 0.25) is 0 Å². The normalized spacial score (nSPS) is 14.0. The summed E-state index contributed by atoms with van der Waals surface area (Å²) >= 11 is 3.27. The molecule has 0 radical (unpaired) electrons. The zero-order chi connectivity index (χ0) is 17.1. The molecule has 124 valence electrons. The number of carbonyl (C=O) groups excluding carboxylic acids is 2. The SMILES string of the molecule is O=C(Cn1cc(Br)ccc1=O)Nc1ccc(N2CCCC2=O)cc1. The maximum absolute atomic E-state index is 12.1. The number of nitrogens with zero attached hydrogens (tertiary/aromatic N) is 2. The van der Waals surface area contributed by atoms with Gasteiger partial charge in [-0.05, 0) is 52.7 Å². The Hall–Kier alpha value is -2.41. The number of carbonyl (C=O) groups is 2. The van der Waals surface area contributed by atoms with E-state index in [-0.39, 0.29) is 23.9 Å². The van der Waals surface area contributed by atoms with Gasteiger partial charge in [-0.15, -0.1) is 0 Å². The molecule has 1 fully saturated rings. The van der Waals surface area contributed by atoms with Gasteiger partial charge in [0.05, 0.1) is 0 Å². The van der Waals surface area contributed by atoms with E-state index in [1.54, 1.807) is 29.3 Å². The van der Waals surface area contributed by atoms with E-state index in [9.17, 15) is 14.4 Å². The van der Waals surface area contributed by atoms with Crippen molar-refractivity contribution in [1.82, 2.24) is 4.57 Å². The molecule has 1 aromatic heterocycles. The molecule has 2 heterocycles. The zero-order valence-corrected chi connectivity index (χ0v) is 14.5. The van der Waals surface area contributed by atoms with Crippen LogP contribution in [0.1, 0.15) is 12.8 Å². The van der Waals surface area contributed by atoms with E-state index >= 15 is 0 Å². The second-order valence-electron chi connectivity index (χ2n) is 5.56. The summed E-state index contributed by atoms with van der Waals surface area (Å²) in [5.41, 5.74) is 1.22. The van der Waals surface area contributed by atoms with Crippen molar-refractivity contribution in [2.24, 2.45) is 0 Å². The number of anilines is 2. The number of pyridine rings is 1. The van der Waals surface area contributed by atoms with Gasteiger partial charge in [-0.25, -0.2) is 0 Å². The molecule has 0 bridgehead atoms. The van der Waals surface area contributed by atoms with Gasteiger partial charge in [0.2, 0.25) is 11.8 Å². The lowest BCUT2D eigenvalue weighted by molar-refractivity contribution is -0.117. The van der Waals surface area contributed by atoms with Crippen LogP contribution in [0.5, 0.6) is 0 Å². The zero-order valence-electron chi connectivity index (χ0n) is 12.9. The number of hydrogen-bond donors (Lipinski definition) is 1. The van der Waals surface area contributed by atoms with Gasteiger partial charge in [0.1, 0.15) is 6.54 Å². The molecule has 6 nitrogen and oxygen atoms in total. The summed E-state index contributed by atoms with van der Waals surface area (Å²) in [6.45, 7) is 0.668. The van der Waals surface area contributed by atoms with Crippen LogP contribution in [-0.4, -0.2) is 22.9 Å². The third-order valence-corrected chi connectivity index (χ3v) is 4.27. The molecule has 0 spiro atoms. The average Bonchev–Trinajstić information content (AvgIpc) is 2.98. The quantitative estimate of drug-likeness (QED) is 0.872. The molecule has 3 rings (SSSR count). The number of halogens is 1. The Morgan fingerprint density at radius 3 is 2.54 bits per heavy atom. The lowest BCUT2D eigenvalue weighted by atomic mass is 10.2. The average molecular weight is 390 g/mol. The third-order valence-electron chi connectivity index (χ3n) is 3.80. The van der Waals surface area contributed by atoms with Gasteiger partial charge >= 0.3 is 0 Å². The molecule has 1 aromatic carbocycles. The van der Waals surface area contributed by atoms with Crippen LogP contribution in [0, 0.1) is 0 Å². The molecule has 24 heavy (non-hydrogen) atoms. The van der Waals surface area contributed by atoms with E-state index in [1.807, 2.05) is 12.1 Å². The van der Waals surface area contributed by atoms with Crippen LogP contribution in [0.25, 0.3) is 0 Å². The first-order chi connectivity index (χ1) is 11.5. The van der Waals surface area contributed by atoms with Crippen LogP contribution in [0.3, 0.4) is 0 Å². The second kappa shape index (κ2) is 7.00. The minimum atomic E-state index is -0.291. The Morgan fingerprint density at radius 2 is 1.88 bits per heavy atom. The van der Waals surface area contributed by atoms with E-state index in [1.165, 1.54) is 10.6 Å². The summed E-state index contributed by atoms with van der Waals surface area (Å²) < 4.78 is 2.06. The van der Waals surface area contributed by atoms with E-state index in [0.29, 0.717) is 12.1 Å². The smallest absolute Gasteiger partial charge is 0.251 e. The number of amides is 2. The van der Waals surface area contributed by atoms with E-state index in [0.717, 1.165) is 23.1 Å². The lowest BCUT2D eigenvalue weighted by Crippen LogP contribution is -2.26. The minimum Gasteiger partial charge on any atom is -0.325 e. The number of aromatic nitrogens is 1. The molecule has 0 saturated carbocycles. The first-order valence-corrected chi connectivity index (χ1v) is 8.38. The van der Waals surface area contributed by atoms with Crippen LogP contribution >= 0.6 is 15.9 Å². The molecule has 7 heteroatoms. The number of hydrogen-bond acceptors (Lipinski definition) is 3. The minimum absolute atomic E-state index is 0.0648. The first kappa shape index (κ1) is 16.4. The third kappa shape index (κ3) is 3.73. The monoisotopic (exact) mass is 389 g/mol. The highest BCUT2D eigenvalue weighted by Gasteiger charge is 2.21. The summed E-state index contributed by atoms with van der Waals surface area (Å²) in [4.78, 5) is 37.3. The Bertz CT molecular complexity index is 830. The first-order valence-electron chi connectivity index (χ1n) is 7.59. The topological polar surface area (TPSA) is 71.4 Å². The van der Waals surface area contributed by atoms with Crippen LogP contribution < -0.4 is 15.8 Å². The highest BCUT2D eigenvalue weighted by Crippen LogP contribution is 2.23. The van der Waals surface area contributed by atoms with Crippen molar-refractivity contribution in [3.05, 3.63) is 57.4 Å². The maximum atomic E-state index is 12.1. The van der Waals surface area contributed by atoms with Gasteiger partial charge in [-0.2, -0.15) is 0 Å². The molecule has 1 aliphatic heterocycles. The Morgan fingerprint density at radius 1 is 1.12 bits per heavy atom. The largest absolute Gasteiger partial charge is 0.325 e. The second-order valence-corrected chi connectivity index (χ2v) is 6.47. The highest BCUT2D eigenvalue weighted by atomic mass is 79.9. The molecule has 1 aliphatic rings. The summed E-state index contributed by atoms with van der Waals surface area (Å²) in [5, 5.41) is 2.75. The molecule has 2 aromatic rings. The summed E-state index contributed by atoms with van der Waals surface area (Å²) in [6.07, 6.45) is 3.03. The van der Waals surface area contributed by atoms with Crippen molar-refractivity contribution in [2.75, 3.05) is 16.8 Å². The maximum Gasteiger partial charge on any atom is 0.251 e. The Labute approximate surface area is 147 Å². The van der Waals surface area contributed by atoms with Crippen molar-refractivity contribution in [1.29, 1.82) is 0 Å². The Kier molecular flexibility index (Phi) is 4.80. The van der Waals surface area contributed by atoms with Crippen LogP contribution in [-0.2, 0) is 16.1 Å². The lowest BCUT2D eigenvalue weighted by Gasteiger charge is -2.16. The fourth-order valence-electron chi connectivity index (χ4n) is 2.63. The molecule has 0 atom stereocenters. The molecule has 0 unspecified atom stereocenters. The predicted molar refractivity (Wildman–Crippen MR) is 95.1 cm³/mol. The summed E-state index contributed by atoms with van der Waals surface area (Å²) in [5.74, 6) is -0.166.